The SMILES string of the molecule is CC(=O)C(C)(C#N)Cc1c(C)cc(C)cc1C. The third kappa shape index (κ3) is 2.74. The number of rotatable bonds is 3. The van der Waals surface area contributed by atoms with Gasteiger partial charge in [0.05, 0.1) is 6.07 Å². The Morgan fingerprint density at radius 1 is 1.29 bits per heavy atom. The van der Waals surface area contributed by atoms with Crippen molar-refractivity contribution in [2.24, 2.45) is 5.41 Å². The Hall–Kier alpha value is -1.62. The minimum atomic E-state index is -0.912. The van der Waals surface area contributed by atoms with Crippen LogP contribution < -0.4 is 0 Å². The van der Waals surface area contributed by atoms with Crippen molar-refractivity contribution in [3.05, 3.63) is 34.4 Å². The molecular formula is C15H19NO. The van der Waals surface area contributed by atoms with Crippen LogP contribution in [0.2, 0.25) is 0 Å². The molecule has 2 nitrogen and oxygen atoms in total. The van der Waals surface area contributed by atoms with Crippen LogP contribution in [0.5, 0.6) is 0 Å². The van der Waals surface area contributed by atoms with Crippen LogP contribution in [0.1, 0.15) is 36.1 Å². The lowest BCUT2D eigenvalue weighted by Crippen LogP contribution is -2.27. The van der Waals surface area contributed by atoms with Crippen molar-refractivity contribution in [2.45, 2.75) is 41.0 Å². The molecule has 1 rings (SSSR count). The molecule has 0 saturated carbocycles. The van der Waals surface area contributed by atoms with Crippen LogP contribution >= 0.6 is 0 Å². The van der Waals surface area contributed by atoms with E-state index in [9.17, 15) is 10.1 Å². The van der Waals surface area contributed by atoms with Crippen molar-refractivity contribution < 1.29 is 4.79 Å². The topological polar surface area (TPSA) is 40.9 Å². The number of hydrogen-bond acceptors (Lipinski definition) is 2. The van der Waals surface area contributed by atoms with E-state index in [1.807, 2.05) is 13.8 Å². The number of nitrogens with zero attached hydrogens (tertiary/aromatic N) is 1. The second kappa shape index (κ2) is 4.71. The summed E-state index contributed by atoms with van der Waals surface area (Å²) in [6.07, 6.45) is 0.497. The molecule has 0 aliphatic heterocycles. The van der Waals surface area contributed by atoms with Gasteiger partial charge in [0.25, 0.3) is 0 Å². The minimum Gasteiger partial charge on any atom is -0.298 e. The molecule has 0 heterocycles. The number of ketones is 1. The molecule has 2 heteroatoms. The van der Waals surface area contributed by atoms with Gasteiger partial charge in [-0.3, -0.25) is 4.79 Å². The molecule has 0 aliphatic carbocycles. The smallest absolute Gasteiger partial charge is 0.150 e. The molecule has 90 valence electrons. The van der Waals surface area contributed by atoms with Crippen molar-refractivity contribution in [3.8, 4) is 6.07 Å². The lowest BCUT2D eigenvalue weighted by Gasteiger charge is -2.21. The van der Waals surface area contributed by atoms with Crippen molar-refractivity contribution >= 4 is 5.78 Å². The molecule has 1 aromatic rings. The summed E-state index contributed by atoms with van der Waals surface area (Å²) in [6.45, 7) is 9.33. The van der Waals surface area contributed by atoms with Gasteiger partial charge >= 0.3 is 0 Å². The maximum atomic E-state index is 11.6. The largest absolute Gasteiger partial charge is 0.298 e. The lowest BCUT2D eigenvalue weighted by atomic mass is 9.79. The predicted molar refractivity (Wildman–Crippen MR) is 68.8 cm³/mol. The molecule has 1 unspecified atom stereocenters. The van der Waals surface area contributed by atoms with Crippen molar-refractivity contribution in [2.75, 3.05) is 0 Å². The molecule has 0 aliphatic rings. The van der Waals surface area contributed by atoms with Gasteiger partial charge < -0.3 is 0 Å². The number of aryl methyl sites for hydroxylation is 3. The number of nitriles is 1. The van der Waals surface area contributed by atoms with Crippen molar-refractivity contribution in [1.29, 1.82) is 5.26 Å². The van der Waals surface area contributed by atoms with Crippen LogP contribution in [-0.2, 0) is 11.2 Å². The third-order valence-electron chi connectivity index (χ3n) is 3.39. The van der Waals surface area contributed by atoms with E-state index in [0.717, 1.165) is 16.7 Å². The van der Waals surface area contributed by atoms with Gasteiger partial charge in [-0.2, -0.15) is 5.26 Å². The van der Waals surface area contributed by atoms with Gasteiger partial charge in [0.15, 0.2) is 0 Å². The number of carbonyl (C=O) groups excluding carboxylic acids is 1. The Balaban J connectivity index is 3.21. The molecular weight excluding hydrogens is 210 g/mol. The highest BCUT2D eigenvalue weighted by molar-refractivity contribution is 5.85. The monoisotopic (exact) mass is 229 g/mol. The number of carbonyl (C=O) groups is 1. The summed E-state index contributed by atoms with van der Waals surface area (Å²) < 4.78 is 0. The van der Waals surface area contributed by atoms with Crippen LogP contribution in [0.3, 0.4) is 0 Å². The zero-order valence-electron chi connectivity index (χ0n) is 11.2. The van der Waals surface area contributed by atoms with E-state index < -0.39 is 5.41 Å². The van der Waals surface area contributed by atoms with E-state index >= 15 is 0 Å². The summed E-state index contributed by atoms with van der Waals surface area (Å²) in [7, 11) is 0. The fourth-order valence-corrected chi connectivity index (χ4v) is 2.09. The second-order valence-corrected chi connectivity index (χ2v) is 5.05. The fraction of sp³-hybridized carbons (Fsp3) is 0.467. The van der Waals surface area contributed by atoms with E-state index in [1.54, 1.807) is 6.92 Å². The van der Waals surface area contributed by atoms with Gasteiger partial charge in [-0.05, 0) is 57.7 Å². The first-order chi connectivity index (χ1) is 7.80. The standard InChI is InChI=1S/C15H19NO/c1-10-6-11(2)14(12(3)7-10)8-15(5,9-16)13(4)17/h6-7H,8H2,1-5H3. The molecule has 1 atom stereocenters. The minimum absolute atomic E-state index is 0.0700. The highest BCUT2D eigenvalue weighted by Gasteiger charge is 2.31. The van der Waals surface area contributed by atoms with E-state index in [-0.39, 0.29) is 5.78 Å². The van der Waals surface area contributed by atoms with Gasteiger partial charge in [0, 0.05) is 0 Å². The number of benzene rings is 1. The Bertz CT molecular complexity index is 473. The predicted octanol–water partition coefficient (Wildman–Crippen LogP) is 3.27. The molecule has 1 aromatic carbocycles. The van der Waals surface area contributed by atoms with E-state index in [4.69, 9.17) is 0 Å². The van der Waals surface area contributed by atoms with Crippen LogP contribution in [0.25, 0.3) is 0 Å². The zero-order valence-corrected chi connectivity index (χ0v) is 11.2. The van der Waals surface area contributed by atoms with Crippen molar-refractivity contribution in [1.82, 2.24) is 0 Å². The first-order valence-corrected chi connectivity index (χ1v) is 5.79. The van der Waals surface area contributed by atoms with E-state index in [2.05, 4.69) is 25.1 Å². The average Bonchev–Trinajstić information content (AvgIpc) is 2.22. The molecule has 0 aromatic heterocycles. The summed E-state index contributed by atoms with van der Waals surface area (Å²) in [5, 5.41) is 9.18. The van der Waals surface area contributed by atoms with Gasteiger partial charge in [0.1, 0.15) is 11.2 Å². The molecule has 0 amide bonds. The summed E-state index contributed by atoms with van der Waals surface area (Å²) in [5.74, 6) is -0.0700. The van der Waals surface area contributed by atoms with E-state index in [1.165, 1.54) is 12.5 Å². The fourth-order valence-electron chi connectivity index (χ4n) is 2.09. The first-order valence-electron chi connectivity index (χ1n) is 5.79. The Kier molecular flexibility index (Phi) is 3.72. The summed E-state index contributed by atoms with van der Waals surface area (Å²) >= 11 is 0. The Morgan fingerprint density at radius 3 is 2.12 bits per heavy atom. The van der Waals surface area contributed by atoms with Crippen LogP contribution in [0, 0.1) is 37.5 Å². The molecule has 0 N–H and O–H groups in total. The summed E-state index contributed by atoms with van der Waals surface area (Å²) in [5.41, 5.74) is 3.74. The quantitative estimate of drug-likeness (QED) is 0.798. The summed E-state index contributed by atoms with van der Waals surface area (Å²) in [4.78, 5) is 11.6. The molecule has 0 saturated heterocycles. The van der Waals surface area contributed by atoms with Gasteiger partial charge in [0.2, 0.25) is 0 Å². The molecule has 17 heavy (non-hydrogen) atoms. The molecule has 0 spiro atoms. The molecule has 0 radical (unpaired) electrons. The van der Waals surface area contributed by atoms with Gasteiger partial charge in [-0.1, -0.05) is 17.7 Å². The summed E-state index contributed by atoms with van der Waals surface area (Å²) in [6, 6.07) is 6.34. The second-order valence-electron chi connectivity index (χ2n) is 5.05. The van der Waals surface area contributed by atoms with Crippen LogP contribution in [-0.4, -0.2) is 5.78 Å². The molecule has 0 fully saturated rings. The highest BCUT2D eigenvalue weighted by Crippen LogP contribution is 2.27. The lowest BCUT2D eigenvalue weighted by molar-refractivity contribution is -0.123. The normalized spacial score (nSPS) is 13.9. The highest BCUT2D eigenvalue weighted by atomic mass is 16.1. The Morgan fingerprint density at radius 2 is 1.76 bits per heavy atom. The third-order valence-corrected chi connectivity index (χ3v) is 3.39. The maximum absolute atomic E-state index is 11.6. The van der Waals surface area contributed by atoms with E-state index in [0.29, 0.717) is 6.42 Å². The van der Waals surface area contributed by atoms with Crippen LogP contribution in [0.15, 0.2) is 12.1 Å². The van der Waals surface area contributed by atoms with Gasteiger partial charge in [-0.15, -0.1) is 0 Å². The molecule has 0 bridgehead atoms. The first kappa shape index (κ1) is 13.4. The number of Topliss-reactive ketones (excluding diaryl/α,β-unsaturated/α-hetero) is 1. The zero-order chi connectivity index (χ0) is 13.2. The van der Waals surface area contributed by atoms with Crippen LogP contribution in [0.4, 0.5) is 0 Å². The van der Waals surface area contributed by atoms with Gasteiger partial charge in [-0.25, -0.2) is 0 Å². The average molecular weight is 229 g/mol. The van der Waals surface area contributed by atoms with Crippen molar-refractivity contribution in [3.63, 3.8) is 0 Å². The number of hydrogen-bond donors (Lipinski definition) is 0. The Labute approximate surface area is 103 Å². The maximum Gasteiger partial charge on any atom is 0.150 e.